The molecule has 1 aliphatic carbocycles. The number of nitrogens with two attached hydrogens (primary N) is 1. The molecule has 1 aromatic rings. The number of ether oxygens (including phenoxy) is 1. The summed E-state index contributed by atoms with van der Waals surface area (Å²) in [5.41, 5.74) is 6.85. The number of phenolic OH excluding ortho intramolecular Hbond substituents is 1. The Hall–Kier alpha value is -0.930. The van der Waals surface area contributed by atoms with Gasteiger partial charge in [0, 0.05) is 5.54 Å². The lowest BCUT2D eigenvalue weighted by Crippen LogP contribution is -2.22. The van der Waals surface area contributed by atoms with E-state index in [0.29, 0.717) is 10.8 Å². The highest BCUT2D eigenvalue weighted by Gasteiger charge is 2.37. The van der Waals surface area contributed by atoms with E-state index < -0.39 is 0 Å². The second-order valence-corrected chi connectivity index (χ2v) is 4.86. The van der Waals surface area contributed by atoms with Crippen molar-refractivity contribution in [1.82, 2.24) is 0 Å². The van der Waals surface area contributed by atoms with E-state index in [9.17, 15) is 5.11 Å². The first-order valence-corrected chi connectivity index (χ1v) is 5.77. The minimum Gasteiger partial charge on any atom is -0.504 e. The zero-order chi connectivity index (χ0) is 11.8. The molecule has 0 amide bonds. The highest BCUT2D eigenvalue weighted by molar-refractivity contribution is 6.32. The van der Waals surface area contributed by atoms with Gasteiger partial charge in [-0.3, -0.25) is 0 Å². The monoisotopic (exact) mass is 241 g/mol. The van der Waals surface area contributed by atoms with Crippen LogP contribution in [-0.4, -0.2) is 17.8 Å². The van der Waals surface area contributed by atoms with E-state index in [-0.39, 0.29) is 11.3 Å². The number of aromatic hydroxyl groups is 1. The van der Waals surface area contributed by atoms with Gasteiger partial charge in [-0.1, -0.05) is 17.7 Å². The predicted molar refractivity (Wildman–Crippen MR) is 64.1 cm³/mol. The van der Waals surface area contributed by atoms with Gasteiger partial charge in [-0.25, -0.2) is 0 Å². The van der Waals surface area contributed by atoms with Gasteiger partial charge in [-0.2, -0.15) is 0 Å². The molecular formula is C12H16ClNO2. The van der Waals surface area contributed by atoms with Crippen LogP contribution in [0.25, 0.3) is 0 Å². The normalized spacial score (nSPS) is 17.2. The van der Waals surface area contributed by atoms with Gasteiger partial charge in [0.1, 0.15) is 0 Å². The molecule has 88 valence electrons. The van der Waals surface area contributed by atoms with E-state index in [2.05, 4.69) is 0 Å². The van der Waals surface area contributed by atoms with Crippen molar-refractivity contribution in [2.24, 2.45) is 5.73 Å². The van der Waals surface area contributed by atoms with Gasteiger partial charge in [0.15, 0.2) is 11.5 Å². The second-order valence-electron chi connectivity index (χ2n) is 4.45. The first kappa shape index (κ1) is 11.6. The van der Waals surface area contributed by atoms with Gasteiger partial charge in [-0.05, 0) is 37.3 Å². The number of methoxy groups -OCH3 is 1. The number of benzene rings is 1. The summed E-state index contributed by atoms with van der Waals surface area (Å²) in [5.74, 6) is 0.486. The molecule has 0 atom stereocenters. The predicted octanol–water partition coefficient (Wildman–Crippen LogP) is 2.48. The van der Waals surface area contributed by atoms with Crippen LogP contribution in [0, 0.1) is 0 Å². The van der Waals surface area contributed by atoms with Crippen LogP contribution in [0.3, 0.4) is 0 Å². The molecule has 0 aliphatic heterocycles. The molecule has 1 fully saturated rings. The standard InChI is InChI=1S/C12H16ClNO2/c1-16-11-9(13)3-2-8(10(11)15)4-5-12(14)6-7-12/h2-3,15H,4-7,14H2,1H3. The number of hydrogen-bond acceptors (Lipinski definition) is 3. The van der Waals surface area contributed by atoms with Crippen molar-refractivity contribution >= 4 is 11.6 Å². The second kappa shape index (κ2) is 4.15. The van der Waals surface area contributed by atoms with Crippen LogP contribution in [0.2, 0.25) is 5.02 Å². The highest BCUT2D eigenvalue weighted by Crippen LogP contribution is 2.40. The molecule has 16 heavy (non-hydrogen) atoms. The van der Waals surface area contributed by atoms with Crippen molar-refractivity contribution < 1.29 is 9.84 Å². The number of aryl methyl sites for hydroxylation is 1. The van der Waals surface area contributed by atoms with Gasteiger partial charge in [0.25, 0.3) is 0 Å². The number of halogens is 1. The maximum Gasteiger partial charge on any atom is 0.179 e. The van der Waals surface area contributed by atoms with Gasteiger partial charge < -0.3 is 15.6 Å². The molecule has 1 saturated carbocycles. The lowest BCUT2D eigenvalue weighted by molar-refractivity contribution is 0.370. The first-order valence-electron chi connectivity index (χ1n) is 5.39. The first-order chi connectivity index (χ1) is 7.56. The van der Waals surface area contributed by atoms with E-state index in [4.69, 9.17) is 22.1 Å². The Morgan fingerprint density at radius 2 is 2.19 bits per heavy atom. The lowest BCUT2D eigenvalue weighted by atomic mass is 10.0. The fraction of sp³-hybridized carbons (Fsp3) is 0.500. The SMILES string of the molecule is COc1c(Cl)ccc(CCC2(N)CC2)c1O. The van der Waals surface area contributed by atoms with Gasteiger partial charge in [0.05, 0.1) is 12.1 Å². The Morgan fingerprint density at radius 3 is 2.75 bits per heavy atom. The molecule has 1 aliphatic rings. The minimum atomic E-state index is -0.000683. The van der Waals surface area contributed by atoms with E-state index in [1.165, 1.54) is 7.11 Å². The Bertz CT molecular complexity index is 402. The molecular weight excluding hydrogens is 226 g/mol. The van der Waals surface area contributed by atoms with Crippen molar-refractivity contribution in [3.8, 4) is 11.5 Å². The summed E-state index contributed by atoms with van der Waals surface area (Å²) in [6.07, 6.45) is 3.82. The van der Waals surface area contributed by atoms with E-state index in [1.54, 1.807) is 6.07 Å². The van der Waals surface area contributed by atoms with Gasteiger partial charge in [-0.15, -0.1) is 0 Å². The van der Waals surface area contributed by atoms with Crippen LogP contribution in [0.1, 0.15) is 24.8 Å². The van der Waals surface area contributed by atoms with Crippen LogP contribution >= 0.6 is 11.6 Å². The molecule has 4 heteroatoms. The van der Waals surface area contributed by atoms with Crippen molar-refractivity contribution in [2.45, 2.75) is 31.2 Å². The maximum absolute atomic E-state index is 9.94. The van der Waals surface area contributed by atoms with Gasteiger partial charge >= 0.3 is 0 Å². The molecule has 3 nitrogen and oxygen atoms in total. The van der Waals surface area contributed by atoms with Crippen molar-refractivity contribution in [1.29, 1.82) is 0 Å². The van der Waals surface area contributed by atoms with Crippen LogP contribution < -0.4 is 10.5 Å². The summed E-state index contributed by atoms with van der Waals surface area (Å²) in [6, 6.07) is 3.57. The smallest absolute Gasteiger partial charge is 0.179 e. The quantitative estimate of drug-likeness (QED) is 0.852. The number of hydrogen-bond donors (Lipinski definition) is 2. The molecule has 3 N–H and O–H groups in total. The summed E-state index contributed by atoms with van der Waals surface area (Å²) in [7, 11) is 1.50. The van der Waals surface area contributed by atoms with Crippen LogP contribution in [0.15, 0.2) is 12.1 Å². The third-order valence-electron chi connectivity index (χ3n) is 3.16. The minimum absolute atomic E-state index is 0.000683. The fourth-order valence-electron chi connectivity index (χ4n) is 1.78. The van der Waals surface area contributed by atoms with E-state index in [1.807, 2.05) is 6.07 Å². The molecule has 0 radical (unpaired) electrons. The van der Waals surface area contributed by atoms with E-state index in [0.717, 1.165) is 31.2 Å². The molecule has 0 unspecified atom stereocenters. The summed E-state index contributed by atoms with van der Waals surface area (Å²) in [4.78, 5) is 0. The van der Waals surface area contributed by atoms with Crippen molar-refractivity contribution in [2.75, 3.05) is 7.11 Å². The molecule has 0 spiro atoms. The Morgan fingerprint density at radius 1 is 1.50 bits per heavy atom. The zero-order valence-electron chi connectivity index (χ0n) is 9.29. The lowest BCUT2D eigenvalue weighted by Gasteiger charge is -2.12. The summed E-state index contributed by atoms with van der Waals surface area (Å²) < 4.78 is 5.05. The highest BCUT2D eigenvalue weighted by atomic mass is 35.5. The molecule has 0 bridgehead atoms. The fourth-order valence-corrected chi connectivity index (χ4v) is 2.01. The molecule has 1 aromatic carbocycles. The maximum atomic E-state index is 9.94. The largest absolute Gasteiger partial charge is 0.504 e. The molecule has 0 saturated heterocycles. The molecule has 2 rings (SSSR count). The van der Waals surface area contributed by atoms with Crippen LogP contribution in [0.4, 0.5) is 0 Å². The number of rotatable bonds is 4. The van der Waals surface area contributed by atoms with Crippen molar-refractivity contribution in [3.05, 3.63) is 22.7 Å². The molecule has 0 aromatic heterocycles. The third-order valence-corrected chi connectivity index (χ3v) is 3.45. The van der Waals surface area contributed by atoms with Gasteiger partial charge in [0.2, 0.25) is 0 Å². The van der Waals surface area contributed by atoms with Crippen molar-refractivity contribution in [3.63, 3.8) is 0 Å². The average Bonchev–Trinajstić information content (AvgIpc) is 2.97. The Balaban J connectivity index is 2.14. The molecule has 0 heterocycles. The summed E-state index contributed by atoms with van der Waals surface area (Å²) >= 11 is 5.89. The Labute approximate surface area is 100 Å². The average molecular weight is 242 g/mol. The topological polar surface area (TPSA) is 55.5 Å². The zero-order valence-corrected chi connectivity index (χ0v) is 10.0. The Kier molecular flexibility index (Phi) is 3.00. The van der Waals surface area contributed by atoms with Crippen LogP contribution in [0.5, 0.6) is 11.5 Å². The third kappa shape index (κ3) is 2.25. The van der Waals surface area contributed by atoms with E-state index >= 15 is 0 Å². The summed E-state index contributed by atoms with van der Waals surface area (Å²) in [6.45, 7) is 0. The number of phenols is 1. The summed E-state index contributed by atoms with van der Waals surface area (Å²) in [5, 5.41) is 10.4. The van der Waals surface area contributed by atoms with Crippen LogP contribution in [-0.2, 0) is 6.42 Å².